The molecule has 4 aromatic rings. The number of amides is 1. The van der Waals surface area contributed by atoms with Crippen LogP contribution in [-0.2, 0) is 11.3 Å². The van der Waals surface area contributed by atoms with Crippen molar-refractivity contribution in [1.29, 1.82) is 0 Å². The summed E-state index contributed by atoms with van der Waals surface area (Å²) < 4.78 is 21.6. The molecule has 0 aliphatic carbocycles. The van der Waals surface area contributed by atoms with Gasteiger partial charge in [-0.2, -0.15) is 10.1 Å². The molecular weight excluding hydrogens is 465 g/mol. The molecule has 182 valence electrons. The molecule has 0 radical (unpaired) electrons. The molecule has 0 spiro atoms. The molecular formula is C26H28FN5O2S. The first-order valence-electron chi connectivity index (χ1n) is 11.9. The molecule has 1 aliphatic rings. The number of fused-ring (bicyclic) bond motifs is 1. The van der Waals surface area contributed by atoms with Crippen molar-refractivity contribution in [2.24, 2.45) is 5.92 Å². The van der Waals surface area contributed by atoms with E-state index < -0.39 is 0 Å². The number of aryl methyl sites for hydroxylation is 1. The lowest BCUT2D eigenvalue weighted by Crippen LogP contribution is -2.43. The van der Waals surface area contributed by atoms with Crippen LogP contribution >= 0.6 is 11.3 Å². The summed E-state index contributed by atoms with van der Waals surface area (Å²) in [6, 6.07) is 14.1. The number of nitrogens with zero attached hydrogens (tertiary/aromatic N) is 4. The van der Waals surface area contributed by atoms with Gasteiger partial charge in [-0.15, -0.1) is 0 Å². The summed E-state index contributed by atoms with van der Waals surface area (Å²) in [6.07, 6.45) is 1.79. The van der Waals surface area contributed by atoms with Gasteiger partial charge in [0.1, 0.15) is 11.6 Å². The van der Waals surface area contributed by atoms with Crippen LogP contribution in [0.1, 0.15) is 31.0 Å². The van der Waals surface area contributed by atoms with Gasteiger partial charge < -0.3 is 15.0 Å². The molecule has 0 saturated carbocycles. The van der Waals surface area contributed by atoms with Gasteiger partial charge in [-0.1, -0.05) is 23.5 Å². The van der Waals surface area contributed by atoms with Crippen LogP contribution < -0.4 is 15.0 Å². The van der Waals surface area contributed by atoms with E-state index in [1.165, 1.54) is 12.1 Å². The van der Waals surface area contributed by atoms with Crippen LogP contribution in [0.2, 0.25) is 0 Å². The number of carbonyl (C=O) groups is 1. The lowest BCUT2D eigenvalue weighted by Gasteiger charge is -2.31. The zero-order valence-corrected chi connectivity index (χ0v) is 20.6. The summed E-state index contributed by atoms with van der Waals surface area (Å²) in [7, 11) is 0. The number of halogens is 1. The molecule has 3 heterocycles. The Labute approximate surface area is 207 Å². The molecule has 35 heavy (non-hydrogen) atoms. The quantitative estimate of drug-likeness (QED) is 0.398. The molecule has 1 N–H and O–H groups in total. The molecule has 0 bridgehead atoms. The molecule has 1 fully saturated rings. The molecule has 1 amide bonds. The third kappa shape index (κ3) is 5.00. The van der Waals surface area contributed by atoms with Crippen molar-refractivity contribution in [3.05, 3.63) is 65.6 Å². The van der Waals surface area contributed by atoms with Crippen molar-refractivity contribution in [2.75, 3.05) is 24.6 Å². The first kappa shape index (κ1) is 23.3. The minimum Gasteiger partial charge on any atom is -0.494 e. The number of hydrogen-bond acceptors (Lipinski definition) is 6. The topological polar surface area (TPSA) is 72.3 Å². The Hall–Kier alpha value is -3.46. The largest absolute Gasteiger partial charge is 0.494 e. The highest BCUT2D eigenvalue weighted by Gasteiger charge is 2.28. The first-order valence-corrected chi connectivity index (χ1v) is 12.7. The van der Waals surface area contributed by atoms with Crippen LogP contribution in [-0.4, -0.2) is 40.4 Å². The number of piperidine rings is 1. The number of thiazole rings is 1. The zero-order valence-electron chi connectivity index (χ0n) is 19.8. The number of nitrogens with one attached hydrogen (secondary N) is 1. The van der Waals surface area contributed by atoms with E-state index in [4.69, 9.17) is 9.72 Å². The van der Waals surface area contributed by atoms with Crippen molar-refractivity contribution >= 4 is 32.7 Å². The maximum atomic E-state index is 13.4. The Balaban J connectivity index is 1.27. The number of ether oxygens (including phenoxy) is 1. The second kappa shape index (κ2) is 10.0. The standard InChI is InChI=1S/C26H28FN5O2S/c1-3-34-22-12-6-18(7-13-22)15-28-25(33)19-5-4-14-31(16-19)26-29-24-23(35-26)17(2)30-32(24)21-10-8-20(27)9-11-21/h6-13,19H,3-5,14-16H2,1-2H3,(H,28,33)/t19-/m0/s1. The molecule has 7 nitrogen and oxygen atoms in total. The average Bonchev–Trinajstić information content (AvgIpc) is 3.45. The fraction of sp³-hybridized carbons (Fsp3) is 0.346. The first-order chi connectivity index (χ1) is 17.0. The van der Waals surface area contributed by atoms with Gasteiger partial charge in [0, 0.05) is 19.6 Å². The van der Waals surface area contributed by atoms with E-state index in [1.54, 1.807) is 28.2 Å². The summed E-state index contributed by atoms with van der Waals surface area (Å²) >= 11 is 1.59. The summed E-state index contributed by atoms with van der Waals surface area (Å²) in [5.74, 6) is 0.527. The second-order valence-corrected chi connectivity index (χ2v) is 9.68. The van der Waals surface area contributed by atoms with E-state index in [2.05, 4.69) is 15.3 Å². The third-order valence-corrected chi connectivity index (χ3v) is 7.43. The lowest BCUT2D eigenvalue weighted by atomic mass is 9.97. The van der Waals surface area contributed by atoms with E-state index in [0.717, 1.165) is 57.6 Å². The number of benzene rings is 2. The highest BCUT2D eigenvalue weighted by molar-refractivity contribution is 7.22. The smallest absolute Gasteiger partial charge is 0.225 e. The SMILES string of the molecule is CCOc1ccc(CNC(=O)[C@H]2CCCN(c3nc4c(s3)c(C)nn4-c3ccc(F)cc3)C2)cc1. The molecule has 1 saturated heterocycles. The van der Waals surface area contributed by atoms with Gasteiger partial charge in [0.05, 0.1) is 28.6 Å². The molecule has 5 rings (SSSR count). The van der Waals surface area contributed by atoms with Crippen LogP contribution in [0.15, 0.2) is 48.5 Å². The zero-order chi connectivity index (χ0) is 24.4. The molecule has 0 unspecified atom stereocenters. The Bertz CT molecular complexity index is 1320. The summed E-state index contributed by atoms with van der Waals surface area (Å²) in [5, 5.41) is 8.58. The van der Waals surface area contributed by atoms with Gasteiger partial charge in [-0.05, 0) is 68.7 Å². The highest BCUT2D eigenvalue weighted by Crippen LogP contribution is 2.34. The fourth-order valence-electron chi connectivity index (χ4n) is 4.39. The van der Waals surface area contributed by atoms with Crippen molar-refractivity contribution in [2.45, 2.75) is 33.2 Å². The predicted octanol–water partition coefficient (Wildman–Crippen LogP) is 4.86. The molecule has 1 aliphatic heterocycles. The summed E-state index contributed by atoms with van der Waals surface area (Å²) in [5.41, 5.74) is 3.46. The van der Waals surface area contributed by atoms with Gasteiger partial charge in [0.25, 0.3) is 0 Å². The normalized spacial score (nSPS) is 16.0. The Kier molecular flexibility index (Phi) is 6.68. The maximum Gasteiger partial charge on any atom is 0.225 e. The molecule has 2 aromatic carbocycles. The van der Waals surface area contributed by atoms with Crippen LogP contribution in [0.5, 0.6) is 5.75 Å². The Morgan fingerprint density at radius 1 is 1.20 bits per heavy atom. The Morgan fingerprint density at radius 2 is 1.97 bits per heavy atom. The van der Waals surface area contributed by atoms with Gasteiger partial charge in [-0.25, -0.2) is 9.07 Å². The van der Waals surface area contributed by atoms with E-state index in [-0.39, 0.29) is 17.6 Å². The third-order valence-electron chi connectivity index (χ3n) is 6.21. The van der Waals surface area contributed by atoms with Gasteiger partial charge >= 0.3 is 0 Å². The minimum atomic E-state index is -0.284. The second-order valence-electron chi connectivity index (χ2n) is 8.70. The number of hydrogen-bond donors (Lipinski definition) is 1. The summed E-state index contributed by atoms with van der Waals surface area (Å²) in [6.45, 7) is 6.54. The van der Waals surface area contributed by atoms with Crippen molar-refractivity contribution in [1.82, 2.24) is 20.1 Å². The van der Waals surface area contributed by atoms with Crippen LogP contribution in [0.4, 0.5) is 9.52 Å². The van der Waals surface area contributed by atoms with E-state index in [9.17, 15) is 9.18 Å². The van der Waals surface area contributed by atoms with Gasteiger partial charge in [0.15, 0.2) is 10.8 Å². The minimum absolute atomic E-state index is 0.0679. The number of carbonyl (C=O) groups excluding carboxylic acids is 1. The van der Waals surface area contributed by atoms with Crippen molar-refractivity contribution in [3.63, 3.8) is 0 Å². The highest BCUT2D eigenvalue weighted by atomic mass is 32.1. The fourth-order valence-corrected chi connectivity index (χ4v) is 5.41. The van der Waals surface area contributed by atoms with Gasteiger partial charge in [0.2, 0.25) is 5.91 Å². The molecule has 1 atom stereocenters. The predicted molar refractivity (Wildman–Crippen MR) is 136 cm³/mol. The van der Waals surface area contributed by atoms with E-state index in [1.807, 2.05) is 38.1 Å². The van der Waals surface area contributed by atoms with Crippen LogP contribution in [0, 0.1) is 18.7 Å². The van der Waals surface area contributed by atoms with Gasteiger partial charge in [-0.3, -0.25) is 4.79 Å². The molecule has 9 heteroatoms. The van der Waals surface area contributed by atoms with Crippen LogP contribution in [0.25, 0.3) is 16.0 Å². The van der Waals surface area contributed by atoms with Crippen LogP contribution in [0.3, 0.4) is 0 Å². The van der Waals surface area contributed by atoms with Crippen molar-refractivity contribution in [3.8, 4) is 11.4 Å². The lowest BCUT2D eigenvalue weighted by molar-refractivity contribution is -0.125. The number of anilines is 1. The van der Waals surface area contributed by atoms with E-state index >= 15 is 0 Å². The average molecular weight is 494 g/mol. The Morgan fingerprint density at radius 3 is 2.71 bits per heavy atom. The maximum absolute atomic E-state index is 13.4. The number of rotatable bonds is 7. The van der Waals surface area contributed by atoms with Crippen molar-refractivity contribution < 1.29 is 13.9 Å². The monoisotopic (exact) mass is 493 g/mol. The van der Waals surface area contributed by atoms with E-state index in [0.29, 0.717) is 19.7 Å². The molecule has 2 aromatic heterocycles. The number of aromatic nitrogens is 3. The summed E-state index contributed by atoms with van der Waals surface area (Å²) in [4.78, 5) is 20.0.